The zero-order chi connectivity index (χ0) is 13.7. The molecule has 19 heavy (non-hydrogen) atoms. The number of benzene rings is 1. The monoisotopic (exact) mass is 337 g/mol. The van der Waals surface area contributed by atoms with Crippen molar-refractivity contribution in [2.45, 2.75) is 32.7 Å². The van der Waals surface area contributed by atoms with E-state index in [1.165, 1.54) is 21.2 Å². The van der Waals surface area contributed by atoms with Gasteiger partial charge in [0.25, 0.3) is 0 Å². The molecule has 0 bridgehead atoms. The molecule has 1 N–H and O–H groups in total. The number of aryl methyl sites for hydroxylation is 1. The maximum absolute atomic E-state index is 3.68. The minimum Gasteiger partial charge on any atom is -0.306 e. The molecular formula is C16H20BrNS. The van der Waals surface area contributed by atoms with Gasteiger partial charge in [-0.15, -0.1) is 0 Å². The van der Waals surface area contributed by atoms with E-state index in [0.717, 1.165) is 19.4 Å². The van der Waals surface area contributed by atoms with Gasteiger partial charge in [0, 0.05) is 9.85 Å². The van der Waals surface area contributed by atoms with Crippen LogP contribution in [-0.2, 0) is 6.42 Å². The third kappa shape index (κ3) is 3.47. The highest BCUT2D eigenvalue weighted by molar-refractivity contribution is 9.10. The van der Waals surface area contributed by atoms with Crippen molar-refractivity contribution in [1.82, 2.24) is 5.32 Å². The molecule has 1 aromatic heterocycles. The van der Waals surface area contributed by atoms with Crippen LogP contribution in [0.5, 0.6) is 0 Å². The Balaban J connectivity index is 2.40. The number of nitrogens with one attached hydrogen (secondary N) is 1. The van der Waals surface area contributed by atoms with Crippen LogP contribution >= 0.6 is 27.3 Å². The molecule has 2 rings (SSSR count). The summed E-state index contributed by atoms with van der Waals surface area (Å²) in [5, 5.41) is 8.08. The first-order valence-corrected chi connectivity index (χ1v) is 8.54. The van der Waals surface area contributed by atoms with Gasteiger partial charge in [0.15, 0.2) is 0 Å². The minimum atomic E-state index is 0.289. The molecule has 2 aromatic rings. The Morgan fingerprint density at radius 3 is 2.58 bits per heavy atom. The second-order valence-electron chi connectivity index (χ2n) is 4.61. The lowest BCUT2D eigenvalue weighted by molar-refractivity contribution is 0.594. The van der Waals surface area contributed by atoms with Gasteiger partial charge >= 0.3 is 0 Å². The van der Waals surface area contributed by atoms with Gasteiger partial charge in [0.1, 0.15) is 0 Å². The summed E-state index contributed by atoms with van der Waals surface area (Å²) in [6.45, 7) is 5.46. The van der Waals surface area contributed by atoms with Crippen molar-refractivity contribution >= 4 is 27.3 Å². The van der Waals surface area contributed by atoms with Gasteiger partial charge < -0.3 is 5.32 Å². The summed E-state index contributed by atoms with van der Waals surface area (Å²) in [6.07, 6.45) is 2.22. The molecule has 0 radical (unpaired) electrons. The Kier molecular flexibility index (Phi) is 5.61. The number of hydrogen-bond acceptors (Lipinski definition) is 2. The van der Waals surface area contributed by atoms with Gasteiger partial charge in [-0.1, -0.05) is 38.1 Å². The van der Waals surface area contributed by atoms with Crippen molar-refractivity contribution in [3.8, 4) is 0 Å². The van der Waals surface area contributed by atoms with Crippen LogP contribution in [0.4, 0.5) is 0 Å². The zero-order valence-electron chi connectivity index (χ0n) is 11.4. The van der Waals surface area contributed by atoms with Gasteiger partial charge in [-0.3, -0.25) is 0 Å². The first-order chi connectivity index (χ1) is 9.27. The van der Waals surface area contributed by atoms with Crippen molar-refractivity contribution in [3.63, 3.8) is 0 Å². The molecule has 0 spiro atoms. The SMILES string of the molecule is CCCNC(c1cscc1Br)c1ccccc1CC. The molecule has 102 valence electrons. The average molecular weight is 338 g/mol. The molecule has 0 amide bonds. The van der Waals surface area contributed by atoms with E-state index in [1.807, 2.05) is 0 Å². The van der Waals surface area contributed by atoms with E-state index < -0.39 is 0 Å². The average Bonchev–Trinajstić information content (AvgIpc) is 2.86. The fourth-order valence-corrected chi connectivity index (χ4v) is 3.86. The molecule has 1 heterocycles. The molecule has 0 saturated carbocycles. The third-order valence-electron chi connectivity index (χ3n) is 3.30. The summed E-state index contributed by atoms with van der Waals surface area (Å²) in [5.41, 5.74) is 4.17. The highest BCUT2D eigenvalue weighted by atomic mass is 79.9. The smallest absolute Gasteiger partial charge is 0.0598 e. The molecule has 0 aliphatic heterocycles. The second kappa shape index (κ2) is 7.22. The molecule has 0 aliphatic rings. The molecule has 0 aliphatic carbocycles. The topological polar surface area (TPSA) is 12.0 Å². The van der Waals surface area contributed by atoms with Crippen molar-refractivity contribution in [1.29, 1.82) is 0 Å². The molecule has 1 aromatic carbocycles. The number of rotatable bonds is 6. The van der Waals surface area contributed by atoms with Crippen molar-refractivity contribution < 1.29 is 0 Å². The fourth-order valence-electron chi connectivity index (χ4n) is 2.31. The largest absolute Gasteiger partial charge is 0.306 e. The van der Waals surface area contributed by atoms with Gasteiger partial charge in [-0.25, -0.2) is 0 Å². The van der Waals surface area contributed by atoms with Crippen LogP contribution in [0.15, 0.2) is 39.5 Å². The second-order valence-corrected chi connectivity index (χ2v) is 6.21. The predicted octanol–water partition coefficient (Wildman–Crippen LogP) is 5.16. The van der Waals surface area contributed by atoms with Crippen LogP contribution in [0.1, 0.15) is 43.0 Å². The lowest BCUT2D eigenvalue weighted by Crippen LogP contribution is -2.24. The number of thiophene rings is 1. The molecule has 0 fully saturated rings. The zero-order valence-corrected chi connectivity index (χ0v) is 13.9. The third-order valence-corrected chi connectivity index (χ3v) is 5.05. The molecule has 1 atom stereocenters. The van der Waals surface area contributed by atoms with Crippen LogP contribution in [0.3, 0.4) is 0 Å². The first-order valence-electron chi connectivity index (χ1n) is 6.80. The highest BCUT2D eigenvalue weighted by Gasteiger charge is 2.18. The van der Waals surface area contributed by atoms with E-state index in [4.69, 9.17) is 0 Å². The van der Waals surface area contributed by atoms with E-state index in [2.05, 4.69) is 70.1 Å². The minimum absolute atomic E-state index is 0.289. The van der Waals surface area contributed by atoms with Crippen molar-refractivity contribution in [3.05, 3.63) is 56.2 Å². The molecule has 3 heteroatoms. The lowest BCUT2D eigenvalue weighted by atomic mass is 9.95. The fraction of sp³-hybridized carbons (Fsp3) is 0.375. The summed E-state index contributed by atoms with van der Waals surface area (Å²) < 4.78 is 1.21. The van der Waals surface area contributed by atoms with Crippen molar-refractivity contribution in [2.75, 3.05) is 6.54 Å². The van der Waals surface area contributed by atoms with Crippen LogP contribution < -0.4 is 5.32 Å². The summed E-state index contributed by atoms with van der Waals surface area (Å²) in [4.78, 5) is 0. The quantitative estimate of drug-likeness (QED) is 0.767. The van der Waals surface area contributed by atoms with E-state index in [-0.39, 0.29) is 6.04 Å². The van der Waals surface area contributed by atoms with E-state index >= 15 is 0 Å². The maximum Gasteiger partial charge on any atom is 0.0598 e. The van der Waals surface area contributed by atoms with E-state index in [0.29, 0.717) is 0 Å². The maximum atomic E-state index is 3.68. The number of halogens is 1. The molecule has 1 nitrogen and oxygen atoms in total. The normalized spacial score (nSPS) is 12.6. The molecule has 0 saturated heterocycles. The van der Waals surface area contributed by atoms with Gasteiger partial charge in [-0.05, 0) is 57.4 Å². The molecule has 1 unspecified atom stereocenters. The predicted molar refractivity (Wildman–Crippen MR) is 88.0 cm³/mol. The van der Waals surface area contributed by atoms with Crippen LogP contribution in [-0.4, -0.2) is 6.54 Å². The lowest BCUT2D eigenvalue weighted by Gasteiger charge is -2.21. The van der Waals surface area contributed by atoms with Crippen LogP contribution in [0.25, 0.3) is 0 Å². The Labute approximate surface area is 128 Å². The van der Waals surface area contributed by atoms with Gasteiger partial charge in [0.05, 0.1) is 6.04 Å². The van der Waals surface area contributed by atoms with E-state index in [1.54, 1.807) is 11.3 Å². The standard InChI is InChI=1S/C16H20BrNS/c1-3-9-18-16(14-10-19-11-15(14)17)13-8-6-5-7-12(13)4-2/h5-8,10-11,16,18H,3-4,9H2,1-2H3. The summed E-state index contributed by atoms with van der Waals surface area (Å²) in [5.74, 6) is 0. The summed E-state index contributed by atoms with van der Waals surface area (Å²) in [7, 11) is 0. The first kappa shape index (κ1) is 14.8. The highest BCUT2D eigenvalue weighted by Crippen LogP contribution is 2.33. The summed E-state index contributed by atoms with van der Waals surface area (Å²) in [6, 6.07) is 9.03. The Morgan fingerprint density at radius 2 is 1.95 bits per heavy atom. The van der Waals surface area contributed by atoms with Gasteiger partial charge in [-0.2, -0.15) is 11.3 Å². The summed E-state index contributed by atoms with van der Waals surface area (Å²) >= 11 is 5.42. The van der Waals surface area contributed by atoms with Crippen LogP contribution in [0.2, 0.25) is 0 Å². The Bertz CT molecular complexity index is 521. The Hall–Kier alpha value is -0.640. The van der Waals surface area contributed by atoms with E-state index in [9.17, 15) is 0 Å². The van der Waals surface area contributed by atoms with Gasteiger partial charge in [0.2, 0.25) is 0 Å². The van der Waals surface area contributed by atoms with Crippen LogP contribution in [0, 0.1) is 0 Å². The molecular weight excluding hydrogens is 318 g/mol. The number of hydrogen-bond donors (Lipinski definition) is 1. The Morgan fingerprint density at radius 1 is 1.16 bits per heavy atom. The van der Waals surface area contributed by atoms with Crippen molar-refractivity contribution in [2.24, 2.45) is 0 Å².